The monoisotopic (exact) mass is 468 g/mol. The van der Waals surface area contributed by atoms with Crippen molar-refractivity contribution in [3.05, 3.63) is 58.4 Å². The molecule has 172 valence electrons. The molecule has 1 aromatic heterocycles. The standard InChI is InChI=1S/C24H24N2O6S/c1-3-29-12-11-26-18-8-7-17(23(28)30-4-2)14-21(18)33-24(26)25-22(27)10-6-16-5-9-19-20(13-16)32-15-31-19/h5-10,13-14H,3-4,11-12,15H2,1-2H3. The third-order valence-electron chi connectivity index (χ3n) is 4.88. The van der Waals surface area contributed by atoms with Gasteiger partial charge in [0.25, 0.3) is 5.91 Å². The van der Waals surface area contributed by atoms with Crippen LogP contribution in [-0.4, -0.2) is 43.1 Å². The molecule has 3 aromatic rings. The molecule has 0 fully saturated rings. The lowest BCUT2D eigenvalue weighted by atomic mass is 10.2. The van der Waals surface area contributed by atoms with E-state index in [0.717, 1.165) is 15.8 Å². The van der Waals surface area contributed by atoms with Crippen molar-refractivity contribution in [3.63, 3.8) is 0 Å². The van der Waals surface area contributed by atoms with Gasteiger partial charge in [0.1, 0.15) is 0 Å². The number of carbonyl (C=O) groups excluding carboxylic acids is 2. The van der Waals surface area contributed by atoms with Gasteiger partial charge in [0.05, 0.1) is 29.0 Å². The van der Waals surface area contributed by atoms with Gasteiger partial charge in [-0.05, 0) is 55.8 Å². The summed E-state index contributed by atoms with van der Waals surface area (Å²) in [6.45, 7) is 5.81. The van der Waals surface area contributed by atoms with Crippen LogP contribution in [0.15, 0.2) is 47.5 Å². The summed E-state index contributed by atoms with van der Waals surface area (Å²) in [7, 11) is 0. The van der Waals surface area contributed by atoms with Crippen LogP contribution in [0.5, 0.6) is 11.5 Å². The number of aromatic nitrogens is 1. The van der Waals surface area contributed by atoms with Crippen LogP contribution in [0.3, 0.4) is 0 Å². The first-order chi connectivity index (χ1) is 16.1. The Kier molecular flexibility index (Phi) is 7.21. The summed E-state index contributed by atoms with van der Waals surface area (Å²) in [6.07, 6.45) is 3.10. The van der Waals surface area contributed by atoms with E-state index in [1.165, 1.54) is 17.4 Å². The molecule has 0 atom stereocenters. The number of fused-ring (bicyclic) bond motifs is 2. The molecule has 0 unspecified atom stereocenters. The largest absolute Gasteiger partial charge is 0.462 e. The Hall–Kier alpha value is -3.43. The summed E-state index contributed by atoms with van der Waals surface area (Å²) in [4.78, 5) is 29.6. The number of amides is 1. The van der Waals surface area contributed by atoms with Gasteiger partial charge in [-0.2, -0.15) is 4.99 Å². The lowest BCUT2D eigenvalue weighted by Gasteiger charge is -2.06. The van der Waals surface area contributed by atoms with Gasteiger partial charge in [0.2, 0.25) is 6.79 Å². The zero-order valence-corrected chi connectivity index (χ0v) is 19.2. The highest BCUT2D eigenvalue weighted by molar-refractivity contribution is 7.16. The van der Waals surface area contributed by atoms with Gasteiger partial charge in [-0.15, -0.1) is 0 Å². The first-order valence-electron chi connectivity index (χ1n) is 10.6. The van der Waals surface area contributed by atoms with Crippen molar-refractivity contribution in [3.8, 4) is 11.5 Å². The number of hydrogen-bond acceptors (Lipinski definition) is 7. The van der Waals surface area contributed by atoms with E-state index in [1.807, 2.05) is 29.7 Å². The minimum atomic E-state index is -0.394. The van der Waals surface area contributed by atoms with Crippen LogP contribution >= 0.6 is 11.3 Å². The van der Waals surface area contributed by atoms with Crippen LogP contribution in [0.4, 0.5) is 0 Å². The van der Waals surface area contributed by atoms with E-state index in [0.29, 0.717) is 48.2 Å². The highest BCUT2D eigenvalue weighted by Gasteiger charge is 2.13. The van der Waals surface area contributed by atoms with Gasteiger partial charge in [-0.1, -0.05) is 17.4 Å². The van der Waals surface area contributed by atoms with Crippen molar-refractivity contribution in [2.24, 2.45) is 4.99 Å². The van der Waals surface area contributed by atoms with Crippen molar-refractivity contribution in [1.29, 1.82) is 0 Å². The molecule has 33 heavy (non-hydrogen) atoms. The number of esters is 1. The third kappa shape index (κ3) is 5.32. The fourth-order valence-corrected chi connectivity index (χ4v) is 4.43. The Morgan fingerprint density at radius 2 is 1.97 bits per heavy atom. The maximum absolute atomic E-state index is 12.6. The van der Waals surface area contributed by atoms with Crippen LogP contribution in [0.1, 0.15) is 29.8 Å². The normalized spacial score (nSPS) is 13.2. The second-order valence-corrected chi connectivity index (χ2v) is 8.04. The first-order valence-corrected chi connectivity index (χ1v) is 11.5. The van der Waals surface area contributed by atoms with E-state index >= 15 is 0 Å². The molecule has 1 aliphatic rings. The molecule has 4 rings (SSSR count). The molecule has 2 aromatic carbocycles. The number of hydrogen-bond donors (Lipinski definition) is 0. The topological polar surface area (TPSA) is 88.4 Å². The number of benzene rings is 2. The van der Waals surface area contributed by atoms with Gasteiger partial charge >= 0.3 is 5.97 Å². The van der Waals surface area contributed by atoms with Gasteiger partial charge < -0.3 is 23.5 Å². The molecular formula is C24H24N2O6S. The fraction of sp³-hybridized carbons (Fsp3) is 0.292. The van der Waals surface area contributed by atoms with Crippen molar-refractivity contribution < 1.29 is 28.5 Å². The highest BCUT2D eigenvalue weighted by Crippen LogP contribution is 2.32. The third-order valence-corrected chi connectivity index (χ3v) is 5.92. The Balaban J connectivity index is 1.64. The van der Waals surface area contributed by atoms with Crippen molar-refractivity contribution in [2.75, 3.05) is 26.6 Å². The van der Waals surface area contributed by atoms with Crippen molar-refractivity contribution >= 4 is 39.5 Å². The molecule has 1 aliphatic heterocycles. The molecule has 0 N–H and O–H groups in total. The number of nitrogens with zero attached hydrogens (tertiary/aromatic N) is 2. The predicted octanol–water partition coefficient (Wildman–Crippen LogP) is 3.79. The Morgan fingerprint density at radius 3 is 2.79 bits per heavy atom. The summed E-state index contributed by atoms with van der Waals surface area (Å²) < 4.78 is 24.0. The lowest BCUT2D eigenvalue weighted by Crippen LogP contribution is -2.19. The second kappa shape index (κ2) is 10.5. The summed E-state index contributed by atoms with van der Waals surface area (Å²) in [6, 6.07) is 10.8. The minimum absolute atomic E-state index is 0.197. The van der Waals surface area contributed by atoms with Gasteiger partial charge in [0.15, 0.2) is 16.3 Å². The predicted molar refractivity (Wildman–Crippen MR) is 124 cm³/mol. The Morgan fingerprint density at radius 1 is 1.12 bits per heavy atom. The molecule has 2 heterocycles. The minimum Gasteiger partial charge on any atom is -0.462 e. The van der Waals surface area contributed by atoms with Crippen molar-refractivity contribution in [2.45, 2.75) is 20.4 Å². The molecule has 1 amide bonds. The fourth-order valence-electron chi connectivity index (χ4n) is 3.33. The Bertz CT molecular complexity index is 1270. The van der Waals surface area contributed by atoms with E-state index in [2.05, 4.69) is 4.99 Å². The molecule has 0 radical (unpaired) electrons. The van der Waals surface area contributed by atoms with Crippen LogP contribution in [0, 0.1) is 0 Å². The molecule has 0 saturated heterocycles. The SMILES string of the molecule is CCOCCn1c(=NC(=O)C=Cc2ccc3c(c2)OCO3)sc2cc(C(=O)OCC)ccc21. The lowest BCUT2D eigenvalue weighted by molar-refractivity contribution is -0.113. The summed E-state index contributed by atoms with van der Waals surface area (Å²) >= 11 is 1.34. The quantitative estimate of drug-likeness (QED) is 0.284. The number of ether oxygens (including phenoxy) is 4. The van der Waals surface area contributed by atoms with Crippen LogP contribution in [0.25, 0.3) is 16.3 Å². The maximum Gasteiger partial charge on any atom is 0.338 e. The van der Waals surface area contributed by atoms with Gasteiger partial charge in [0, 0.05) is 19.2 Å². The van der Waals surface area contributed by atoms with Crippen LogP contribution in [-0.2, 0) is 20.8 Å². The maximum atomic E-state index is 12.6. The van der Waals surface area contributed by atoms with Gasteiger partial charge in [-0.25, -0.2) is 4.79 Å². The number of carbonyl (C=O) groups is 2. The number of thiazole rings is 1. The van der Waals surface area contributed by atoms with E-state index in [-0.39, 0.29) is 12.8 Å². The first kappa shape index (κ1) is 22.8. The molecule has 0 spiro atoms. The average molecular weight is 469 g/mol. The molecule has 0 aliphatic carbocycles. The zero-order valence-electron chi connectivity index (χ0n) is 18.4. The molecular weight excluding hydrogens is 444 g/mol. The molecule has 9 heteroatoms. The van der Waals surface area contributed by atoms with E-state index in [9.17, 15) is 9.59 Å². The molecule has 0 saturated carbocycles. The van der Waals surface area contributed by atoms with E-state index in [1.54, 1.807) is 31.2 Å². The smallest absolute Gasteiger partial charge is 0.338 e. The Labute approximate surface area is 194 Å². The van der Waals surface area contributed by atoms with E-state index < -0.39 is 5.91 Å². The summed E-state index contributed by atoms with van der Waals surface area (Å²) in [5, 5.41) is 0. The van der Waals surface area contributed by atoms with Crippen molar-refractivity contribution in [1.82, 2.24) is 4.57 Å². The second-order valence-electron chi connectivity index (χ2n) is 7.03. The number of rotatable bonds is 8. The van der Waals surface area contributed by atoms with Gasteiger partial charge in [-0.3, -0.25) is 4.79 Å². The van der Waals surface area contributed by atoms with Crippen LogP contribution in [0.2, 0.25) is 0 Å². The molecule has 0 bridgehead atoms. The average Bonchev–Trinajstić information content (AvgIpc) is 3.41. The zero-order chi connectivity index (χ0) is 23.2. The summed E-state index contributed by atoms with van der Waals surface area (Å²) in [5.41, 5.74) is 2.14. The highest BCUT2D eigenvalue weighted by atomic mass is 32.1. The summed E-state index contributed by atoms with van der Waals surface area (Å²) in [5.74, 6) is 0.563. The van der Waals surface area contributed by atoms with E-state index in [4.69, 9.17) is 18.9 Å². The van der Waals surface area contributed by atoms with Crippen LogP contribution < -0.4 is 14.3 Å². The molecule has 8 nitrogen and oxygen atoms in total.